The molecule has 290 valence electrons. The molecule has 4 amide bonds. The van der Waals surface area contributed by atoms with Crippen molar-refractivity contribution >= 4 is 40.5 Å². The number of likely N-dealkylation sites (tertiary alicyclic amines) is 1. The second kappa shape index (κ2) is 14.5. The van der Waals surface area contributed by atoms with Crippen molar-refractivity contribution in [3.63, 3.8) is 0 Å². The lowest BCUT2D eigenvalue weighted by Gasteiger charge is -2.46. The average molecular weight is 747 g/mol. The number of rotatable bonds is 11. The maximum absolute atomic E-state index is 14.5. The first-order valence-electron chi connectivity index (χ1n) is 18.3. The third kappa shape index (κ3) is 7.98. The number of nitrogens with one attached hydrogen (secondary N) is 4. The van der Waals surface area contributed by atoms with Gasteiger partial charge in [-0.05, 0) is 63.6 Å². The van der Waals surface area contributed by atoms with Gasteiger partial charge in [-0.2, -0.15) is 5.10 Å². The van der Waals surface area contributed by atoms with Crippen molar-refractivity contribution in [2.45, 2.75) is 110 Å². The summed E-state index contributed by atoms with van der Waals surface area (Å²) >= 11 is 0. The zero-order chi connectivity index (χ0) is 39.2. The van der Waals surface area contributed by atoms with Crippen molar-refractivity contribution in [2.75, 3.05) is 13.7 Å². The third-order valence-electron chi connectivity index (χ3n) is 9.75. The average Bonchev–Trinajstić information content (AvgIpc) is 3.56. The van der Waals surface area contributed by atoms with Crippen LogP contribution in [0.2, 0.25) is 0 Å². The lowest BCUT2D eigenvalue weighted by Crippen LogP contribution is -2.79. The lowest BCUT2D eigenvalue weighted by molar-refractivity contribution is -0.159. The fraction of sp³-hybridized carbons (Fsp3) is 0.553. The number of methoxy groups -OCH3 is 1. The molecule has 1 aliphatic heterocycles. The van der Waals surface area contributed by atoms with E-state index in [1.54, 1.807) is 55.4 Å². The third-order valence-corrected chi connectivity index (χ3v) is 9.75. The second-order valence-electron chi connectivity index (χ2n) is 16.3. The molecular weight excluding hydrogens is 696 g/mol. The maximum Gasteiger partial charge on any atom is 0.410 e. The van der Waals surface area contributed by atoms with Crippen LogP contribution in [0.25, 0.3) is 16.7 Å². The molecule has 2 unspecified atom stereocenters. The number of fused-ring (bicyclic) bond motifs is 1. The number of hydrogen-bond donors (Lipinski definition) is 4. The van der Waals surface area contributed by atoms with Gasteiger partial charge in [-0.1, -0.05) is 27.7 Å². The van der Waals surface area contributed by atoms with Gasteiger partial charge in [0.2, 0.25) is 17.5 Å². The fourth-order valence-electron chi connectivity index (χ4n) is 6.93. The molecule has 54 heavy (non-hydrogen) atoms. The van der Waals surface area contributed by atoms with Crippen LogP contribution >= 0.6 is 0 Å². The van der Waals surface area contributed by atoms with E-state index in [2.05, 4.69) is 26.4 Å². The van der Waals surface area contributed by atoms with Gasteiger partial charge < -0.3 is 29.7 Å². The van der Waals surface area contributed by atoms with E-state index in [9.17, 15) is 24.0 Å². The Balaban J connectivity index is 1.31. The fourth-order valence-corrected chi connectivity index (χ4v) is 6.93. The van der Waals surface area contributed by atoms with Gasteiger partial charge in [0.05, 0.1) is 25.1 Å². The van der Waals surface area contributed by atoms with Gasteiger partial charge in [0.1, 0.15) is 23.6 Å². The molecular formula is C38H50N8O8. The van der Waals surface area contributed by atoms with Gasteiger partial charge >= 0.3 is 12.1 Å². The van der Waals surface area contributed by atoms with E-state index in [1.807, 2.05) is 47.6 Å². The molecule has 3 fully saturated rings. The van der Waals surface area contributed by atoms with Crippen LogP contribution in [-0.2, 0) is 19.1 Å². The Morgan fingerprint density at radius 2 is 1.81 bits per heavy atom. The standard InChI is InChI=1S/C38H50N8O8/c1-9-25-30(47)32(48)38(25,42-21-11-12-21)44-35(51)54-29-18-23(20-45(29)33(49)31(36(2,3)4)41-34(50)43-37(5,6)7)53-27-19-28(46-16-10-15-39-46)40-26-17-22(52-8)13-14-24(26)27/h10,13-17,19,21,23,25,29,31,42H,9,11-12,18,20H2,1-8H3,(H,44,51)(H2,41,43,50)/t23-,25?,29+,31-,38?/m1/s1. The minimum absolute atomic E-state index is 0.0104. The quantitative estimate of drug-likeness (QED) is 0.165. The first-order valence-corrected chi connectivity index (χ1v) is 18.3. The molecule has 16 heteroatoms. The minimum Gasteiger partial charge on any atom is -0.497 e. The predicted octanol–water partition coefficient (Wildman–Crippen LogP) is 3.60. The van der Waals surface area contributed by atoms with Crippen LogP contribution in [-0.4, -0.2) is 98.5 Å². The highest BCUT2D eigenvalue weighted by Gasteiger charge is 2.64. The van der Waals surface area contributed by atoms with E-state index in [4.69, 9.17) is 19.2 Å². The normalized spacial score (nSPS) is 23.4. The van der Waals surface area contributed by atoms with Crippen LogP contribution < -0.4 is 30.7 Å². The second-order valence-corrected chi connectivity index (χ2v) is 16.3. The molecule has 1 aromatic carbocycles. The van der Waals surface area contributed by atoms with E-state index in [0.29, 0.717) is 34.6 Å². The Hall–Kier alpha value is -5.25. The molecule has 2 aliphatic carbocycles. The number of ketones is 2. The molecule has 3 aliphatic rings. The molecule has 3 aromatic rings. The van der Waals surface area contributed by atoms with Gasteiger partial charge in [-0.15, -0.1) is 0 Å². The topological polar surface area (TPSA) is 195 Å². The molecule has 2 aromatic heterocycles. The number of urea groups is 1. The Labute approximate surface area is 314 Å². The number of carbonyl (C=O) groups excluding carboxylic acids is 5. The van der Waals surface area contributed by atoms with Crippen molar-refractivity contribution in [3.05, 3.63) is 42.7 Å². The monoisotopic (exact) mass is 746 g/mol. The Morgan fingerprint density at radius 3 is 2.43 bits per heavy atom. The number of hydrogen-bond acceptors (Lipinski definition) is 11. The van der Waals surface area contributed by atoms with E-state index < -0.39 is 70.5 Å². The highest BCUT2D eigenvalue weighted by atomic mass is 16.6. The molecule has 3 heterocycles. The summed E-state index contributed by atoms with van der Waals surface area (Å²) in [6, 6.07) is 7.31. The molecule has 16 nitrogen and oxygen atoms in total. The van der Waals surface area contributed by atoms with Crippen LogP contribution in [0.3, 0.4) is 0 Å². The number of alkyl carbamates (subject to hydrolysis) is 1. The summed E-state index contributed by atoms with van der Waals surface area (Å²) in [7, 11) is 1.56. The summed E-state index contributed by atoms with van der Waals surface area (Å²) in [5.74, 6) is -1.01. The molecule has 4 N–H and O–H groups in total. The van der Waals surface area contributed by atoms with Gasteiger partial charge in [0, 0.05) is 47.9 Å². The Bertz CT molecular complexity index is 1930. The molecule has 0 radical (unpaired) electrons. The number of aromatic nitrogens is 3. The van der Waals surface area contributed by atoms with Gasteiger partial charge in [0.15, 0.2) is 17.7 Å². The summed E-state index contributed by atoms with van der Waals surface area (Å²) in [6.45, 7) is 12.7. The van der Waals surface area contributed by atoms with Crippen molar-refractivity contribution in [1.82, 2.24) is 40.9 Å². The van der Waals surface area contributed by atoms with E-state index in [1.165, 1.54) is 4.90 Å². The van der Waals surface area contributed by atoms with Crippen molar-refractivity contribution < 1.29 is 38.2 Å². The zero-order valence-electron chi connectivity index (χ0n) is 32.0. The molecule has 0 bridgehead atoms. The van der Waals surface area contributed by atoms with Crippen LogP contribution in [0.4, 0.5) is 9.59 Å². The predicted molar refractivity (Wildman–Crippen MR) is 197 cm³/mol. The number of nitrogens with zero attached hydrogens (tertiary/aromatic N) is 4. The smallest absolute Gasteiger partial charge is 0.410 e. The summed E-state index contributed by atoms with van der Waals surface area (Å²) in [4.78, 5) is 73.1. The number of ether oxygens (including phenoxy) is 3. The summed E-state index contributed by atoms with van der Waals surface area (Å²) < 4.78 is 19.6. The number of pyridine rings is 1. The van der Waals surface area contributed by atoms with Gasteiger partial charge in [-0.25, -0.2) is 19.3 Å². The SMILES string of the molecule is CCC1C(=O)C(=O)C1(NC(=O)O[C@H]1C[C@@H](Oc2cc(-n3cccn3)nc3cc(OC)ccc23)CN1C(=O)[C@@H](NC(=O)NC(C)(C)C)C(C)(C)C)NC1CC1. The highest BCUT2D eigenvalue weighted by molar-refractivity contribution is 6.49. The zero-order valence-corrected chi connectivity index (χ0v) is 32.0. The van der Waals surface area contributed by atoms with E-state index >= 15 is 0 Å². The van der Waals surface area contributed by atoms with Crippen LogP contribution in [0.5, 0.6) is 11.5 Å². The number of Topliss-reactive ketones (excluding diaryl/α,β-unsaturated/α-hetero) is 2. The summed E-state index contributed by atoms with van der Waals surface area (Å²) in [5, 5.41) is 16.5. The van der Waals surface area contributed by atoms with Crippen LogP contribution in [0.1, 0.15) is 74.1 Å². The Kier molecular flexibility index (Phi) is 10.4. The maximum atomic E-state index is 14.5. The van der Waals surface area contributed by atoms with Gasteiger partial charge in [0.25, 0.3) is 0 Å². The Morgan fingerprint density at radius 1 is 1.07 bits per heavy atom. The minimum atomic E-state index is -1.59. The highest BCUT2D eigenvalue weighted by Crippen LogP contribution is 2.37. The van der Waals surface area contributed by atoms with E-state index in [-0.39, 0.29) is 19.0 Å². The molecule has 5 atom stereocenters. The lowest BCUT2D eigenvalue weighted by atomic mass is 9.68. The van der Waals surface area contributed by atoms with Gasteiger partial charge in [-0.3, -0.25) is 25.0 Å². The summed E-state index contributed by atoms with van der Waals surface area (Å²) in [5.41, 5.74) is -2.34. The first kappa shape index (κ1) is 38.5. The largest absolute Gasteiger partial charge is 0.497 e. The number of carbonyl (C=O) groups is 5. The number of amides is 4. The van der Waals surface area contributed by atoms with Crippen LogP contribution in [0, 0.1) is 11.3 Å². The number of benzene rings is 1. The van der Waals surface area contributed by atoms with Crippen molar-refractivity contribution in [3.8, 4) is 17.3 Å². The molecule has 6 rings (SSSR count). The molecule has 1 saturated heterocycles. The van der Waals surface area contributed by atoms with E-state index in [0.717, 1.165) is 12.8 Å². The molecule has 2 saturated carbocycles. The molecule has 0 spiro atoms. The summed E-state index contributed by atoms with van der Waals surface area (Å²) in [6.07, 6.45) is 2.55. The van der Waals surface area contributed by atoms with Crippen molar-refractivity contribution in [1.29, 1.82) is 0 Å². The van der Waals surface area contributed by atoms with Crippen LogP contribution in [0.15, 0.2) is 42.7 Å². The first-order chi connectivity index (χ1) is 25.4. The van der Waals surface area contributed by atoms with Crippen molar-refractivity contribution in [2.24, 2.45) is 11.3 Å².